The Kier molecular flexibility index (Phi) is 18.8. The third-order valence-corrected chi connectivity index (χ3v) is 4.56. The van der Waals surface area contributed by atoms with Crippen LogP contribution in [0.15, 0.2) is 0 Å². The summed E-state index contributed by atoms with van der Waals surface area (Å²) in [5.41, 5.74) is 0. The Morgan fingerprint density at radius 2 is 1.61 bits per heavy atom. The van der Waals surface area contributed by atoms with E-state index in [1.807, 2.05) is 0 Å². The van der Waals surface area contributed by atoms with Gasteiger partial charge in [-0.05, 0) is 13.3 Å². The van der Waals surface area contributed by atoms with E-state index in [1.54, 1.807) is 6.92 Å². The highest BCUT2D eigenvalue weighted by molar-refractivity contribution is 8.13. The molecular weight excluding hydrogens is 428 g/mol. The number of amides is 3. The van der Waals surface area contributed by atoms with Crippen LogP contribution in [-0.4, -0.2) is 99.3 Å². The Bertz CT molecular complexity index is 560. The van der Waals surface area contributed by atoms with Crippen LogP contribution in [-0.2, 0) is 23.8 Å². The van der Waals surface area contributed by atoms with Crippen LogP contribution in [0.1, 0.15) is 20.3 Å². The lowest BCUT2D eigenvalue weighted by atomic mass is 10.2. The predicted molar refractivity (Wildman–Crippen MR) is 117 cm³/mol. The van der Waals surface area contributed by atoms with Crippen LogP contribution < -0.4 is 16.0 Å². The highest BCUT2D eigenvalue weighted by Crippen LogP contribution is 2.05. The first-order valence-electron chi connectivity index (χ1n) is 10.2. The third-order valence-electron chi connectivity index (χ3n) is 3.65. The lowest BCUT2D eigenvalue weighted by molar-refractivity contribution is -0.128. The second-order valence-corrected chi connectivity index (χ2v) is 7.19. The van der Waals surface area contributed by atoms with Crippen LogP contribution in [0.2, 0.25) is 0 Å². The van der Waals surface area contributed by atoms with Gasteiger partial charge in [0.2, 0.25) is 5.91 Å². The molecule has 0 rings (SSSR count). The molecular formula is C19H34N4O7S. The minimum absolute atomic E-state index is 0.0140. The molecule has 2 atom stereocenters. The Morgan fingerprint density at radius 3 is 2.19 bits per heavy atom. The number of aliphatic hydroxyl groups excluding tert-OH is 1. The molecule has 4 N–H and O–H groups in total. The molecule has 0 aliphatic heterocycles. The second kappa shape index (κ2) is 20.0. The molecule has 0 aromatic rings. The normalized spacial score (nSPS) is 12.5. The molecule has 0 aromatic heterocycles. The maximum Gasteiger partial charge on any atom is 0.303 e. The van der Waals surface area contributed by atoms with Crippen molar-refractivity contribution < 1.29 is 33.7 Å². The van der Waals surface area contributed by atoms with Gasteiger partial charge in [-0.3, -0.25) is 14.4 Å². The zero-order valence-corrected chi connectivity index (χ0v) is 19.0. The quantitative estimate of drug-likeness (QED) is 0.162. The molecule has 178 valence electrons. The fourth-order valence-electron chi connectivity index (χ4n) is 2.00. The summed E-state index contributed by atoms with van der Waals surface area (Å²) in [7, 11) is 0. The van der Waals surface area contributed by atoms with Gasteiger partial charge in [0.05, 0.1) is 39.6 Å². The summed E-state index contributed by atoms with van der Waals surface area (Å²) in [5.74, 6) is -0.922. The Hall–Kier alpha value is -1.91. The van der Waals surface area contributed by atoms with E-state index < -0.39 is 23.9 Å². The molecule has 31 heavy (non-hydrogen) atoms. The van der Waals surface area contributed by atoms with Crippen LogP contribution in [0, 0.1) is 6.57 Å². The molecule has 0 heterocycles. The summed E-state index contributed by atoms with van der Waals surface area (Å²) in [6.07, 6.45) is 0.563. The van der Waals surface area contributed by atoms with Crippen LogP contribution in [0.4, 0.5) is 4.79 Å². The van der Waals surface area contributed by atoms with Crippen molar-refractivity contribution >= 4 is 28.8 Å². The van der Waals surface area contributed by atoms with E-state index in [2.05, 4.69) is 20.8 Å². The van der Waals surface area contributed by atoms with Gasteiger partial charge in [-0.15, -0.1) is 0 Å². The number of aliphatic hydroxyl groups is 1. The minimum atomic E-state index is -0.924. The SMILES string of the molecule is [C-]#[N+][C@H](C)C(=O)N[C@@H](CSC(=O)NCC)C(=O)NCCCOCCOCCOCCO. The largest absolute Gasteiger partial charge is 0.394 e. The van der Waals surface area contributed by atoms with Gasteiger partial charge in [-0.2, -0.15) is 0 Å². The standard InChI is InChI=1S/C19H34N4O7S/c1-4-21-19(27)31-14-16(23-17(25)15(2)20-3)18(26)22-6-5-8-28-10-12-30-13-11-29-9-7-24/h15-16,24H,4-14H2,1-2H3,(H,21,27)(H,22,26)(H,23,25)/t15-,16+/m1/s1. The first-order valence-corrected chi connectivity index (χ1v) is 11.1. The molecule has 0 saturated heterocycles. The zero-order valence-electron chi connectivity index (χ0n) is 18.2. The van der Waals surface area contributed by atoms with Crippen molar-refractivity contribution in [2.45, 2.75) is 32.4 Å². The summed E-state index contributed by atoms with van der Waals surface area (Å²) in [6.45, 7) is 13.3. The Morgan fingerprint density at radius 1 is 1.00 bits per heavy atom. The predicted octanol–water partition coefficient (Wildman–Crippen LogP) is -0.210. The van der Waals surface area contributed by atoms with Crippen LogP contribution in [0.25, 0.3) is 4.85 Å². The summed E-state index contributed by atoms with van der Waals surface area (Å²) < 4.78 is 15.7. The number of rotatable bonds is 18. The maximum absolute atomic E-state index is 12.4. The van der Waals surface area contributed by atoms with Gasteiger partial charge in [0, 0.05) is 32.4 Å². The van der Waals surface area contributed by atoms with Gasteiger partial charge >= 0.3 is 5.91 Å². The van der Waals surface area contributed by atoms with Gasteiger partial charge in [-0.1, -0.05) is 11.8 Å². The highest BCUT2D eigenvalue weighted by Gasteiger charge is 2.26. The average molecular weight is 463 g/mol. The first kappa shape index (κ1) is 29.1. The summed E-state index contributed by atoms with van der Waals surface area (Å²) in [4.78, 5) is 39.1. The zero-order chi connectivity index (χ0) is 23.3. The molecule has 11 nitrogen and oxygen atoms in total. The number of nitrogens with zero attached hydrogens (tertiary/aromatic N) is 1. The van der Waals surface area contributed by atoms with Crippen molar-refractivity contribution in [1.29, 1.82) is 0 Å². The molecule has 0 radical (unpaired) electrons. The van der Waals surface area contributed by atoms with Crippen molar-refractivity contribution in [2.75, 3.05) is 65.1 Å². The third kappa shape index (κ3) is 16.5. The number of carbonyl (C=O) groups is 3. The number of hydrogen-bond donors (Lipinski definition) is 4. The lowest BCUT2D eigenvalue weighted by Gasteiger charge is -2.17. The smallest absolute Gasteiger partial charge is 0.303 e. The van der Waals surface area contributed by atoms with Crippen LogP contribution in [0.3, 0.4) is 0 Å². The number of ether oxygens (including phenoxy) is 3. The number of carbonyl (C=O) groups excluding carboxylic acids is 3. The van der Waals surface area contributed by atoms with E-state index in [0.717, 1.165) is 11.8 Å². The molecule has 3 amide bonds. The molecule has 0 aromatic carbocycles. The van der Waals surface area contributed by atoms with E-state index in [0.29, 0.717) is 59.2 Å². The van der Waals surface area contributed by atoms with Gasteiger partial charge in [0.15, 0.2) is 0 Å². The molecule has 12 heteroatoms. The van der Waals surface area contributed by atoms with E-state index in [4.69, 9.17) is 25.9 Å². The molecule has 0 saturated carbocycles. The highest BCUT2D eigenvalue weighted by atomic mass is 32.2. The van der Waals surface area contributed by atoms with E-state index in [9.17, 15) is 14.4 Å². The van der Waals surface area contributed by atoms with Gasteiger partial charge in [-0.25, -0.2) is 6.57 Å². The van der Waals surface area contributed by atoms with Gasteiger partial charge in [0.1, 0.15) is 6.04 Å². The fourth-order valence-corrected chi connectivity index (χ4v) is 2.80. The number of nitrogens with one attached hydrogen (secondary N) is 3. The maximum atomic E-state index is 12.4. The van der Waals surface area contributed by atoms with Gasteiger partial charge < -0.3 is 40.1 Å². The van der Waals surface area contributed by atoms with Crippen molar-refractivity contribution in [3.8, 4) is 0 Å². The molecule has 0 unspecified atom stereocenters. The molecule has 0 spiro atoms. The van der Waals surface area contributed by atoms with E-state index in [1.165, 1.54) is 6.92 Å². The molecule has 0 fully saturated rings. The summed E-state index contributed by atoms with van der Waals surface area (Å²) >= 11 is 0.897. The van der Waals surface area contributed by atoms with Gasteiger partial charge in [0.25, 0.3) is 11.3 Å². The Balaban J connectivity index is 4.11. The molecule has 0 aliphatic carbocycles. The first-order chi connectivity index (χ1) is 15.0. The van der Waals surface area contributed by atoms with Crippen molar-refractivity contribution in [1.82, 2.24) is 16.0 Å². The van der Waals surface area contributed by atoms with E-state index >= 15 is 0 Å². The van der Waals surface area contributed by atoms with E-state index in [-0.39, 0.29) is 17.6 Å². The fraction of sp³-hybridized carbons (Fsp3) is 0.789. The van der Waals surface area contributed by atoms with Crippen molar-refractivity contribution in [2.24, 2.45) is 0 Å². The van der Waals surface area contributed by atoms with Crippen molar-refractivity contribution in [3.63, 3.8) is 0 Å². The van der Waals surface area contributed by atoms with Crippen LogP contribution in [0.5, 0.6) is 0 Å². The minimum Gasteiger partial charge on any atom is -0.394 e. The summed E-state index contributed by atoms with van der Waals surface area (Å²) in [6, 6.07) is -1.84. The average Bonchev–Trinajstić information content (AvgIpc) is 2.76. The molecule has 0 bridgehead atoms. The Labute approximate surface area is 187 Å². The number of hydrogen-bond acceptors (Lipinski definition) is 8. The van der Waals surface area contributed by atoms with Crippen molar-refractivity contribution in [3.05, 3.63) is 11.4 Å². The lowest BCUT2D eigenvalue weighted by Crippen LogP contribution is -2.50. The monoisotopic (exact) mass is 462 g/mol. The van der Waals surface area contributed by atoms with Crippen LogP contribution >= 0.6 is 11.8 Å². The number of thioether (sulfide) groups is 1. The molecule has 0 aliphatic rings. The summed E-state index contributed by atoms with van der Waals surface area (Å²) in [5, 5.41) is 16.1. The topological polar surface area (TPSA) is 140 Å². The second-order valence-electron chi connectivity index (χ2n) is 6.20.